The molecule has 5 heteroatoms. The van der Waals surface area contributed by atoms with Crippen LogP contribution < -0.4 is 4.74 Å². The van der Waals surface area contributed by atoms with Crippen LogP contribution in [-0.4, -0.2) is 15.0 Å². The van der Waals surface area contributed by atoms with Gasteiger partial charge in [-0.05, 0) is 29.8 Å². The van der Waals surface area contributed by atoms with Gasteiger partial charge in [0.1, 0.15) is 18.1 Å². The Labute approximate surface area is 127 Å². The predicted octanol–water partition coefficient (Wildman–Crippen LogP) is 3.56. The SMILES string of the molecule is Clc1ccc(Cn2cc(COc3ccccc3)nn2)cc1. The molecule has 0 aliphatic carbocycles. The van der Waals surface area contributed by atoms with Crippen LogP contribution in [0, 0.1) is 0 Å². The number of nitrogens with zero attached hydrogens (tertiary/aromatic N) is 3. The lowest BCUT2D eigenvalue weighted by Gasteiger charge is -2.02. The number of halogens is 1. The van der Waals surface area contributed by atoms with Crippen LogP contribution in [0.15, 0.2) is 60.8 Å². The summed E-state index contributed by atoms with van der Waals surface area (Å²) >= 11 is 5.87. The number of benzene rings is 2. The highest BCUT2D eigenvalue weighted by molar-refractivity contribution is 6.30. The van der Waals surface area contributed by atoms with Crippen LogP contribution in [0.4, 0.5) is 0 Å². The lowest BCUT2D eigenvalue weighted by molar-refractivity contribution is 0.301. The van der Waals surface area contributed by atoms with Crippen LogP contribution in [0.2, 0.25) is 5.02 Å². The van der Waals surface area contributed by atoms with Gasteiger partial charge in [0.05, 0.1) is 12.7 Å². The molecule has 1 heterocycles. The van der Waals surface area contributed by atoms with Gasteiger partial charge in [0, 0.05) is 5.02 Å². The first-order chi connectivity index (χ1) is 10.3. The molecule has 0 aliphatic heterocycles. The van der Waals surface area contributed by atoms with Crippen molar-refractivity contribution in [1.29, 1.82) is 0 Å². The van der Waals surface area contributed by atoms with Crippen molar-refractivity contribution in [3.8, 4) is 5.75 Å². The van der Waals surface area contributed by atoms with E-state index in [1.165, 1.54) is 0 Å². The fraction of sp³-hybridized carbons (Fsp3) is 0.125. The normalized spacial score (nSPS) is 10.5. The molecule has 0 saturated carbocycles. The maximum absolute atomic E-state index is 5.87. The van der Waals surface area contributed by atoms with E-state index in [9.17, 15) is 0 Å². The second-order valence-corrected chi connectivity index (χ2v) is 5.07. The third kappa shape index (κ3) is 3.83. The third-order valence-corrected chi connectivity index (χ3v) is 3.23. The van der Waals surface area contributed by atoms with E-state index >= 15 is 0 Å². The molecule has 0 amide bonds. The summed E-state index contributed by atoms with van der Waals surface area (Å²) in [7, 11) is 0. The van der Waals surface area contributed by atoms with Crippen molar-refractivity contribution < 1.29 is 4.74 Å². The highest BCUT2D eigenvalue weighted by Gasteiger charge is 2.03. The van der Waals surface area contributed by atoms with E-state index in [1.807, 2.05) is 60.8 Å². The van der Waals surface area contributed by atoms with Gasteiger partial charge < -0.3 is 4.74 Å². The molecule has 4 nitrogen and oxygen atoms in total. The van der Waals surface area contributed by atoms with Crippen molar-refractivity contribution in [3.63, 3.8) is 0 Å². The summed E-state index contributed by atoms with van der Waals surface area (Å²) in [5.41, 5.74) is 1.92. The molecular weight excluding hydrogens is 286 g/mol. The molecule has 0 radical (unpaired) electrons. The standard InChI is InChI=1S/C16H14ClN3O/c17-14-8-6-13(7-9-14)10-20-11-15(18-19-20)12-21-16-4-2-1-3-5-16/h1-9,11H,10,12H2. The van der Waals surface area contributed by atoms with Crippen molar-refractivity contribution in [2.75, 3.05) is 0 Å². The van der Waals surface area contributed by atoms with Gasteiger partial charge in [-0.3, -0.25) is 0 Å². The summed E-state index contributed by atoms with van der Waals surface area (Å²) in [6, 6.07) is 17.3. The fourth-order valence-electron chi connectivity index (χ4n) is 1.93. The van der Waals surface area contributed by atoms with Crippen LogP contribution in [0.3, 0.4) is 0 Å². The molecule has 2 aromatic carbocycles. The summed E-state index contributed by atoms with van der Waals surface area (Å²) < 4.78 is 7.42. The first-order valence-electron chi connectivity index (χ1n) is 6.61. The highest BCUT2D eigenvalue weighted by atomic mass is 35.5. The van der Waals surface area contributed by atoms with E-state index in [1.54, 1.807) is 4.68 Å². The summed E-state index contributed by atoms with van der Waals surface area (Å²) in [6.07, 6.45) is 1.89. The van der Waals surface area contributed by atoms with Crippen molar-refractivity contribution in [2.45, 2.75) is 13.2 Å². The van der Waals surface area contributed by atoms with Gasteiger partial charge >= 0.3 is 0 Å². The molecule has 0 spiro atoms. The lowest BCUT2D eigenvalue weighted by Crippen LogP contribution is -2.00. The van der Waals surface area contributed by atoms with E-state index in [0.717, 1.165) is 22.0 Å². The number of aromatic nitrogens is 3. The largest absolute Gasteiger partial charge is 0.487 e. The predicted molar refractivity (Wildman–Crippen MR) is 81.4 cm³/mol. The summed E-state index contributed by atoms with van der Waals surface area (Å²) in [4.78, 5) is 0. The summed E-state index contributed by atoms with van der Waals surface area (Å²) in [6.45, 7) is 1.07. The minimum absolute atomic E-state index is 0.407. The Morgan fingerprint density at radius 3 is 2.52 bits per heavy atom. The van der Waals surface area contributed by atoms with Gasteiger partial charge in [-0.25, -0.2) is 4.68 Å². The molecule has 0 saturated heterocycles. The monoisotopic (exact) mass is 299 g/mol. The average Bonchev–Trinajstić information content (AvgIpc) is 2.96. The minimum atomic E-state index is 0.407. The van der Waals surface area contributed by atoms with Crippen molar-refractivity contribution >= 4 is 11.6 Å². The van der Waals surface area contributed by atoms with Crippen LogP contribution in [0.25, 0.3) is 0 Å². The molecule has 3 aromatic rings. The molecule has 3 rings (SSSR count). The second kappa shape index (κ2) is 6.41. The van der Waals surface area contributed by atoms with E-state index in [2.05, 4.69) is 10.3 Å². The molecule has 0 N–H and O–H groups in total. The maximum atomic E-state index is 5.87. The van der Waals surface area contributed by atoms with E-state index in [4.69, 9.17) is 16.3 Å². The van der Waals surface area contributed by atoms with Crippen LogP contribution in [0.5, 0.6) is 5.75 Å². The van der Waals surface area contributed by atoms with Crippen molar-refractivity contribution in [2.24, 2.45) is 0 Å². The second-order valence-electron chi connectivity index (χ2n) is 4.64. The van der Waals surface area contributed by atoms with Gasteiger partial charge in [-0.2, -0.15) is 0 Å². The quantitative estimate of drug-likeness (QED) is 0.723. The lowest BCUT2D eigenvalue weighted by atomic mass is 10.2. The Morgan fingerprint density at radius 2 is 1.76 bits per heavy atom. The Kier molecular flexibility index (Phi) is 4.17. The highest BCUT2D eigenvalue weighted by Crippen LogP contribution is 2.12. The Bertz CT molecular complexity index is 695. The van der Waals surface area contributed by atoms with Gasteiger partial charge in [-0.15, -0.1) is 5.10 Å². The minimum Gasteiger partial charge on any atom is -0.487 e. The first-order valence-corrected chi connectivity index (χ1v) is 6.99. The average molecular weight is 300 g/mol. The summed E-state index contributed by atoms with van der Waals surface area (Å²) in [5, 5.41) is 8.94. The molecule has 21 heavy (non-hydrogen) atoms. The third-order valence-electron chi connectivity index (χ3n) is 2.97. The number of hydrogen-bond acceptors (Lipinski definition) is 3. The zero-order valence-electron chi connectivity index (χ0n) is 11.3. The van der Waals surface area contributed by atoms with Crippen LogP contribution in [0.1, 0.15) is 11.3 Å². The van der Waals surface area contributed by atoms with Crippen molar-refractivity contribution in [1.82, 2.24) is 15.0 Å². The van der Waals surface area contributed by atoms with E-state index in [0.29, 0.717) is 13.2 Å². The molecule has 0 bridgehead atoms. The number of rotatable bonds is 5. The van der Waals surface area contributed by atoms with Crippen molar-refractivity contribution in [3.05, 3.63) is 77.1 Å². The number of hydrogen-bond donors (Lipinski definition) is 0. The maximum Gasteiger partial charge on any atom is 0.134 e. The molecular formula is C16H14ClN3O. The molecule has 0 fully saturated rings. The Morgan fingerprint density at radius 1 is 1.00 bits per heavy atom. The molecule has 106 valence electrons. The Balaban J connectivity index is 1.59. The number of ether oxygens (including phenoxy) is 1. The van der Waals surface area contributed by atoms with E-state index in [-0.39, 0.29) is 0 Å². The smallest absolute Gasteiger partial charge is 0.134 e. The van der Waals surface area contributed by atoms with Gasteiger partial charge in [0.25, 0.3) is 0 Å². The molecule has 0 unspecified atom stereocenters. The fourth-order valence-corrected chi connectivity index (χ4v) is 2.06. The number of para-hydroxylation sites is 1. The van der Waals surface area contributed by atoms with E-state index < -0.39 is 0 Å². The van der Waals surface area contributed by atoms with Gasteiger partial charge in [0.2, 0.25) is 0 Å². The summed E-state index contributed by atoms with van der Waals surface area (Å²) in [5.74, 6) is 0.824. The topological polar surface area (TPSA) is 39.9 Å². The van der Waals surface area contributed by atoms with Crippen LogP contribution in [-0.2, 0) is 13.2 Å². The van der Waals surface area contributed by atoms with Gasteiger partial charge in [-0.1, -0.05) is 47.1 Å². The molecule has 0 aliphatic rings. The molecule has 0 atom stereocenters. The van der Waals surface area contributed by atoms with Crippen LogP contribution >= 0.6 is 11.6 Å². The zero-order chi connectivity index (χ0) is 14.5. The first kappa shape index (κ1) is 13.6. The Hall–Kier alpha value is -2.33. The zero-order valence-corrected chi connectivity index (χ0v) is 12.1. The molecule has 1 aromatic heterocycles. The van der Waals surface area contributed by atoms with Gasteiger partial charge in [0.15, 0.2) is 0 Å².